The van der Waals surface area contributed by atoms with Crippen LogP contribution in [0.15, 0.2) is 114 Å². The van der Waals surface area contributed by atoms with Crippen LogP contribution in [-0.4, -0.2) is 31.4 Å². The molecule has 7 heteroatoms. The van der Waals surface area contributed by atoms with Crippen LogP contribution < -0.4 is 19.7 Å². The molecule has 0 spiro atoms. The maximum absolute atomic E-state index is 13.5. The zero-order chi connectivity index (χ0) is 27.2. The van der Waals surface area contributed by atoms with Gasteiger partial charge in [0.2, 0.25) is 0 Å². The van der Waals surface area contributed by atoms with E-state index in [2.05, 4.69) is 5.32 Å². The summed E-state index contributed by atoms with van der Waals surface area (Å²) >= 11 is 0. The summed E-state index contributed by atoms with van der Waals surface area (Å²) in [7, 11) is 1.60. The molecule has 0 radical (unpaired) electrons. The van der Waals surface area contributed by atoms with Crippen molar-refractivity contribution in [2.45, 2.75) is 6.92 Å². The van der Waals surface area contributed by atoms with E-state index in [9.17, 15) is 9.59 Å². The van der Waals surface area contributed by atoms with Crippen molar-refractivity contribution < 1.29 is 19.1 Å². The summed E-state index contributed by atoms with van der Waals surface area (Å²) < 4.78 is 10.9. The smallest absolute Gasteiger partial charge is 0.282 e. The fraction of sp³-hybridized carbons (Fsp3) is 0.0938. The number of aryl methyl sites for hydroxylation is 1. The molecule has 4 aromatic carbocycles. The number of amidine groups is 1. The third-order valence-corrected chi connectivity index (χ3v) is 6.08. The number of methoxy groups -OCH3 is 1. The number of carbonyl (C=O) groups excluding carboxylic acids is 2. The van der Waals surface area contributed by atoms with Crippen LogP contribution in [0, 0.1) is 6.92 Å². The van der Waals surface area contributed by atoms with E-state index >= 15 is 0 Å². The number of hydrogen-bond acceptors (Lipinski definition) is 5. The molecule has 0 unspecified atom stereocenters. The molecule has 7 nitrogen and oxygen atoms in total. The minimum atomic E-state index is -0.246. The number of nitrogens with zero attached hydrogens (tertiary/aromatic N) is 2. The summed E-state index contributed by atoms with van der Waals surface area (Å²) in [5.41, 5.74) is 4.41. The predicted molar refractivity (Wildman–Crippen MR) is 153 cm³/mol. The van der Waals surface area contributed by atoms with E-state index in [0.717, 1.165) is 22.4 Å². The van der Waals surface area contributed by atoms with Crippen molar-refractivity contribution in [2.24, 2.45) is 4.99 Å². The molecule has 5 rings (SSSR count). The van der Waals surface area contributed by atoms with Crippen LogP contribution >= 0.6 is 0 Å². The zero-order valence-electron chi connectivity index (χ0n) is 21.6. The quantitative estimate of drug-likeness (QED) is 0.297. The van der Waals surface area contributed by atoms with E-state index in [-0.39, 0.29) is 18.4 Å². The van der Waals surface area contributed by atoms with E-state index in [1.165, 1.54) is 0 Å². The van der Waals surface area contributed by atoms with Gasteiger partial charge in [-0.05, 0) is 72.7 Å². The van der Waals surface area contributed by atoms with Crippen molar-refractivity contribution >= 4 is 35.1 Å². The molecular formula is C32H27N3O4. The van der Waals surface area contributed by atoms with Crippen LogP contribution in [-0.2, 0) is 9.59 Å². The van der Waals surface area contributed by atoms with Crippen LogP contribution in [0.1, 0.15) is 16.7 Å². The molecule has 0 aromatic heterocycles. The van der Waals surface area contributed by atoms with Gasteiger partial charge in [0.1, 0.15) is 23.0 Å². The highest BCUT2D eigenvalue weighted by Gasteiger charge is 2.32. The average molecular weight is 518 g/mol. The number of carbonyl (C=O) groups is 2. The van der Waals surface area contributed by atoms with Crippen molar-refractivity contribution in [1.82, 2.24) is 0 Å². The number of anilines is 2. The number of rotatable bonds is 8. The molecule has 1 heterocycles. The van der Waals surface area contributed by atoms with E-state index in [4.69, 9.17) is 14.5 Å². The second kappa shape index (κ2) is 11.5. The van der Waals surface area contributed by atoms with Crippen LogP contribution in [0.5, 0.6) is 11.5 Å². The lowest BCUT2D eigenvalue weighted by Crippen LogP contribution is -2.32. The first-order valence-electron chi connectivity index (χ1n) is 12.4. The van der Waals surface area contributed by atoms with Gasteiger partial charge < -0.3 is 14.8 Å². The Morgan fingerprint density at radius 2 is 1.62 bits per heavy atom. The fourth-order valence-electron chi connectivity index (χ4n) is 4.16. The highest BCUT2D eigenvalue weighted by molar-refractivity contribution is 6.33. The van der Waals surface area contributed by atoms with Crippen molar-refractivity contribution in [3.8, 4) is 11.5 Å². The molecule has 1 N–H and O–H groups in total. The van der Waals surface area contributed by atoms with Crippen LogP contribution in [0.2, 0.25) is 0 Å². The first-order chi connectivity index (χ1) is 19.0. The van der Waals surface area contributed by atoms with Gasteiger partial charge in [-0.2, -0.15) is 0 Å². The lowest BCUT2D eigenvalue weighted by Gasteiger charge is -2.18. The van der Waals surface area contributed by atoms with Crippen molar-refractivity contribution in [1.29, 1.82) is 0 Å². The number of ether oxygens (including phenoxy) is 2. The monoisotopic (exact) mass is 517 g/mol. The Morgan fingerprint density at radius 1 is 0.897 bits per heavy atom. The van der Waals surface area contributed by atoms with Crippen LogP contribution in [0.3, 0.4) is 0 Å². The summed E-state index contributed by atoms with van der Waals surface area (Å²) in [6.45, 7) is 1.85. The molecule has 1 aliphatic rings. The maximum atomic E-state index is 13.5. The van der Waals surface area contributed by atoms with E-state index in [1.807, 2.05) is 97.9 Å². The first kappa shape index (κ1) is 25.5. The summed E-state index contributed by atoms with van der Waals surface area (Å²) in [6, 6.07) is 31.6. The topological polar surface area (TPSA) is 80.2 Å². The molecular weight excluding hydrogens is 490 g/mol. The van der Waals surface area contributed by atoms with Gasteiger partial charge in [0, 0.05) is 11.3 Å². The molecule has 0 saturated carbocycles. The SMILES string of the molecule is COc1ccc(N2C(=O)/C(=C/c3ccc(OCC(=O)Nc4cccc(C)c4)cc3)N=C2c2ccccc2)cc1. The van der Waals surface area contributed by atoms with Crippen molar-refractivity contribution in [3.63, 3.8) is 0 Å². The van der Waals surface area contributed by atoms with E-state index in [0.29, 0.717) is 28.7 Å². The summed E-state index contributed by atoms with van der Waals surface area (Å²) in [6.07, 6.45) is 1.74. The van der Waals surface area contributed by atoms with Gasteiger partial charge in [-0.25, -0.2) is 4.99 Å². The van der Waals surface area contributed by atoms with Crippen LogP contribution in [0.4, 0.5) is 11.4 Å². The summed E-state index contributed by atoms with van der Waals surface area (Å²) in [4.78, 5) is 32.1. The average Bonchev–Trinajstić information content (AvgIpc) is 3.28. The van der Waals surface area contributed by atoms with E-state index in [1.54, 1.807) is 30.2 Å². The second-order valence-corrected chi connectivity index (χ2v) is 8.94. The molecule has 39 heavy (non-hydrogen) atoms. The Kier molecular flexibility index (Phi) is 7.50. The van der Waals surface area contributed by atoms with Gasteiger partial charge in [0.05, 0.1) is 12.8 Å². The van der Waals surface area contributed by atoms with Gasteiger partial charge in [-0.1, -0.05) is 54.6 Å². The highest BCUT2D eigenvalue weighted by Crippen LogP contribution is 2.29. The molecule has 2 amide bonds. The van der Waals surface area contributed by atoms with E-state index < -0.39 is 0 Å². The normalized spacial score (nSPS) is 13.8. The molecule has 0 saturated heterocycles. The molecule has 0 bridgehead atoms. The molecule has 0 aliphatic carbocycles. The Bertz CT molecular complexity index is 1540. The van der Waals surface area contributed by atoms with Crippen molar-refractivity contribution in [3.05, 3.63) is 126 Å². The van der Waals surface area contributed by atoms with Gasteiger partial charge in [-0.3, -0.25) is 14.5 Å². The molecule has 194 valence electrons. The fourth-order valence-corrected chi connectivity index (χ4v) is 4.16. The Hall–Kier alpha value is -5.17. The predicted octanol–water partition coefficient (Wildman–Crippen LogP) is 5.86. The minimum absolute atomic E-state index is 0.117. The number of hydrogen-bond donors (Lipinski definition) is 1. The van der Waals surface area contributed by atoms with Gasteiger partial charge in [0.15, 0.2) is 6.61 Å². The number of nitrogens with one attached hydrogen (secondary N) is 1. The first-order valence-corrected chi connectivity index (χ1v) is 12.4. The Balaban J connectivity index is 1.31. The number of amides is 2. The minimum Gasteiger partial charge on any atom is -0.497 e. The lowest BCUT2D eigenvalue weighted by atomic mass is 10.1. The molecule has 0 atom stereocenters. The van der Waals surface area contributed by atoms with Gasteiger partial charge in [-0.15, -0.1) is 0 Å². The second-order valence-electron chi connectivity index (χ2n) is 8.94. The number of aliphatic imine (C=N–C) groups is 1. The lowest BCUT2D eigenvalue weighted by molar-refractivity contribution is -0.118. The van der Waals surface area contributed by atoms with Crippen molar-refractivity contribution in [2.75, 3.05) is 23.9 Å². The van der Waals surface area contributed by atoms with Crippen LogP contribution in [0.25, 0.3) is 6.08 Å². The largest absolute Gasteiger partial charge is 0.497 e. The molecule has 1 aliphatic heterocycles. The molecule has 0 fully saturated rings. The molecule has 4 aromatic rings. The standard InChI is InChI=1S/C32H27N3O4/c1-22-7-6-10-25(19-22)33-30(36)21-39-28-15-11-23(12-16-28)20-29-32(37)35(26-13-17-27(38-2)18-14-26)31(34-29)24-8-4-3-5-9-24/h3-20H,21H2,1-2H3,(H,33,36)/b29-20-. The summed E-state index contributed by atoms with van der Waals surface area (Å²) in [5, 5.41) is 2.82. The Morgan fingerprint density at radius 3 is 2.31 bits per heavy atom. The maximum Gasteiger partial charge on any atom is 0.282 e. The third kappa shape index (κ3) is 6.05. The highest BCUT2D eigenvalue weighted by atomic mass is 16.5. The van der Waals surface area contributed by atoms with Gasteiger partial charge >= 0.3 is 0 Å². The third-order valence-electron chi connectivity index (χ3n) is 6.08. The summed E-state index contributed by atoms with van der Waals surface area (Å²) in [5.74, 6) is 1.32. The van der Waals surface area contributed by atoms with Gasteiger partial charge in [0.25, 0.3) is 11.8 Å². The zero-order valence-corrected chi connectivity index (χ0v) is 21.6. The Labute approximate surface area is 227 Å². The number of benzene rings is 4.